The summed E-state index contributed by atoms with van der Waals surface area (Å²) in [5.74, 6) is -0.944. The van der Waals surface area contributed by atoms with Crippen LogP contribution in [0.15, 0.2) is 91.0 Å². The summed E-state index contributed by atoms with van der Waals surface area (Å²) in [6.45, 7) is 0. The highest BCUT2D eigenvalue weighted by Crippen LogP contribution is 2.56. The average molecular weight is 520 g/mol. The van der Waals surface area contributed by atoms with Gasteiger partial charge in [0, 0.05) is 22.7 Å². The van der Waals surface area contributed by atoms with Gasteiger partial charge in [-0.1, -0.05) is 102 Å². The fourth-order valence-electron chi connectivity index (χ4n) is 5.90. The van der Waals surface area contributed by atoms with Gasteiger partial charge in [-0.15, -0.1) is 0 Å². The topological polar surface area (TPSA) is 67.9 Å². The second-order valence-electron chi connectivity index (χ2n) is 9.35. The molecule has 0 unspecified atom stereocenters. The number of nitriles is 2. The molecule has 4 aromatic rings. The molecule has 6 rings (SSSR count). The van der Waals surface area contributed by atoms with Gasteiger partial charge >= 0.3 is 0 Å². The van der Waals surface area contributed by atoms with Crippen molar-refractivity contribution < 1.29 is 4.79 Å². The molecule has 0 radical (unpaired) electrons. The molecule has 0 amide bonds. The third kappa shape index (κ3) is 3.38. The number of benzene rings is 4. The Labute approximate surface area is 224 Å². The van der Waals surface area contributed by atoms with Crippen LogP contribution >= 0.6 is 23.2 Å². The van der Waals surface area contributed by atoms with Gasteiger partial charge < -0.3 is 4.90 Å². The molecule has 178 valence electrons. The second-order valence-corrected chi connectivity index (χ2v) is 10.2. The number of nitrogens with zero attached hydrogens (tertiary/aromatic N) is 3. The number of halogens is 2. The van der Waals surface area contributed by atoms with E-state index in [2.05, 4.69) is 12.1 Å². The first kappa shape index (κ1) is 23.3. The number of carbonyl (C=O) groups is 1. The molecule has 6 heteroatoms. The third-order valence-electron chi connectivity index (χ3n) is 7.54. The zero-order chi connectivity index (χ0) is 25.7. The van der Waals surface area contributed by atoms with E-state index in [1.165, 1.54) is 0 Å². The van der Waals surface area contributed by atoms with Gasteiger partial charge in [-0.3, -0.25) is 4.79 Å². The van der Waals surface area contributed by atoms with Gasteiger partial charge in [0.1, 0.15) is 6.04 Å². The Morgan fingerprint density at radius 1 is 0.865 bits per heavy atom. The summed E-state index contributed by atoms with van der Waals surface area (Å²) in [5, 5.41) is 24.0. The van der Waals surface area contributed by atoms with Gasteiger partial charge in [-0.05, 0) is 34.5 Å². The highest BCUT2D eigenvalue weighted by molar-refractivity contribution is 6.42. The second kappa shape index (κ2) is 8.79. The van der Waals surface area contributed by atoms with Crippen molar-refractivity contribution in [1.82, 2.24) is 0 Å². The minimum absolute atomic E-state index is 0.163. The fourth-order valence-corrected chi connectivity index (χ4v) is 6.21. The van der Waals surface area contributed by atoms with E-state index < -0.39 is 23.4 Å². The van der Waals surface area contributed by atoms with Crippen LogP contribution in [-0.4, -0.2) is 17.9 Å². The van der Waals surface area contributed by atoms with Gasteiger partial charge in [-0.25, -0.2) is 0 Å². The highest BCUT2D eigenvalue weighted by Gasteiger charge is 2.63. The lowest BCUT2D eigenvalue weighted by Gasteiger charge is -2.36. The fraction of sp³-hybridized carbons (Fsp3) is 0.129. The Balaban J connectivity index is 1.65. The van der Waals surface area contributed by atoms with Crippen molar-refractivity contribution in [1.29, 1.82) is 10.5 Å². The molecule has 0 N–H and O–H groups in total. The van der Waals surface area contributed by atoms with E-state index in [4.69, 9.17) is 23.2 Å². The summed E-state index contributed by atoms with van der Waals surface area (Å²) in [5.41, 5.74) is 1.36. The first-order valence-corrected chi connectivity index (χ1v) is 12.6. The minimum Gasteiger partial charge on any atom is -0.351 e. The van der Waals surface area contributed by atoms with Crippen molar-refractivity contribution in [2.45, 2.75) is 18.0 Å². The highest BCUT2D eigenvalue weighted by atomic mass is 35.5. The number of anilines is 1. The van der Waals surface area contributed by atoms with Crippen LogP contribution in [0, 0.1) is 28.1 Å². The zero-order valence-electron chi connectivity index (χ0n) is 19.5. The minimum atomic E-state index is -1.55. The van der Waals surface area contributed by atoms with Crippen molar-refractivity contribution in [2.24, 2.45) is 5.41 Å². The van der Waals surface area contributed by atoms with E-state index in [-0.39, 0.29) is 5.78 Å². The average Bonchev–Trinajstić information content (AvgIpc) is 3.25. The molecule has 0 spiro atoms. The third-order valence-corrected chi connectivity index (χ3v) is 8.28. The lowest BCUT2D eigenvalue weighted by atomic mass is 9.69. The Hall–Kier alpha value is -4.09. The van der Waals surface area contributed by atoms with Gasteiger partial charge in [0.25, 0.3) is 0 Å². The molecule has 0 aliphatic carbocycles. The van der Waals surface area contributed by atoms with Crippen molar-refractivity contribution in [3.05, 3.63) is 118 Å². The van der Waals surface area contributed by atoms with E-state index in [0.29, 0.717) is 21.2 Å². The predicted octanol–water partition coefficient (Wildman–Crippen LogP) is 7.43. The first-order valence-electron chi connectivity index (χ1n) is 11.8. The van der Waals surface area contributed by atoms with Crippen LogP contribution in [0.3, 0.4) is 0 Å². The number of Topliss-reactive ketones (excluding diaryl/α,β-unsaturated/α-hetero) is 1. The monoisotopic (exact) mass is 519 g/mol. The molecule has 4 aromatic carbocycles. The first-order chi connectivity index (χ1) is 18.0. The van der Waals surface area contributed by atoms with Crippen molar-refractivity contribution in [3.63, 3.8) is 0 Å². The van der Waals surface area contributed by atoms with Crippen molar-refractivity contribution in [2.75, 3.05) is 4.90 Å². The van der Waals surface area contributed by atoms with Gasteiger partial charge in [0.2, 0.25) is 0 Å². The van der Waals surface area contributed by atoms with Crippen LogP contribution in [0.2, 0.25) is 10.0 Å². The maximum atomic E-state index is 14.3. The summed E-state index contributed by atoms with van der Waals surface area (Å²) in [4.78, 5) is 16.3. The quantitative estimate of drug-likeness (QED) is 0.264. The van der Waals surface area contributed by atoms with Crippen LogP contribution in [0.25, 0.3) is 16.8 Å². The Morgan fingerprint density at radius 2 is 1.59 bits per heavy atom. The molecule has 0 aromatic heterocycles. The van der Waals surface area contributed by atoms with Crippen LogP contribution in [0.4, 0.5) is 5.69 Å². The van der Waals surface area contributed by atoms with Crippen LogP contribution in [-0.2, 0) is 0 Å². The van der Waals surface area contributed by atoms with Gasteiger partial charge in [0.15, 0.2) is 11.2 Å². The van der Waals surface area contributed by atoms with E-state index in [1.807, 2.05) is 71.6 Å². The van der Waals surface area contributed by atoms with E-state index in [9.17, 15) is 15.3 Å². The maximum Gasteiger partial charge on any atom is 0.185 e. The van der Waals surface area contributed by atoms with Crippen molar-refractivity contribution >= 4 is 51.5 Å². The molecular weight excluding hydrogens is 501 g/mol. The summed E-state index contributed by atoms with van der Waals surface area (Å²) >= 11 is 12.6. The molecule has 4 nitrogen and oxygen atoms in total. The van der Waals surface area contributed by atoms with E-state index in [1.54, 1.807) is 30.3 Å². The molecule has 3 atom stereocenters. The SMILES string of the molecule is N#CC1(C#N)[C@H](c2ccc(Cl)c(Cl)c2)[C@@H](C(=O)c2ccccc2)N2c3ccc4ccccc4c3C=C[C@@H]21. The standard InChI is InChI=1S/C31H19Cl2N3O/c32-24-13-10-21(16-25(24)33)28-29(30(37)20-7-2-1-3-8-20)36-26-14-11-19-6-4-5-9-22(19)23(26)12-15-27(36)31(28,17-34)18-35/h1-16,27-29H/t27-,28-,29+/m1/s1. The van der Waals surface area contributed by atoms with Crippen LogP contribution < -0.4 is 4.90 Å². The van der Waals surface area contributed by atoms with Crippen LogP contribution in [0.5, 0.6) is 0 Å². The molecular formula is C31H19Cl2N3O. The smallest absolute Gasteiger partial charge is 0.185 e. The Bertz CT molecular complexity index is 1670. The number of rotatable bonds is 3. The molecule has 1 saturated heterocycles. The summed E-state index contributed by atoms with van der Waals surface area (Å²) < 4.78 is 0. The Morgan fingerprint density at radius 3 is 2.32 bits per heavy atom. The van der Waals surface area contributed by atoms with Crippen molar-refractivity contribution in [3.8, 4) is 12.1 Å². The predicted molar refractivity (Wildman–Crippen MR) is 147 cm³/mol. The number of carbonyl (C=O) groups excluding carboxylic acids is 1. The summed E-state index contributed by atoms with van der Waals surface area (Å²) in [6, 6.07) is 29.3. The van der Waals surface area contributed by atoms with Gasteiger partial charge in [-0.2, -0.15) is 10.5 Å². The number of hydrogen-bond donors (Lipinski definition) is 0. The number of ketones is 1. The molecule has 37 heavy (non-hydrogen) atoms. The Kier molecular flexibility index (Phi) is 5.54. The largest absolute Gasteiger partial charge is 0.351 e. The summed E-state index contributed by atoms with van der Waals surface area (Å²) in [6.07, 6.45) is 3.87. The molecule has 2 heterocycles. The normalized spacial score (nSPS) is 21.1. The number of hydrogen-bond acceptors (Lipinski definition) is 4. The number of fused-ring (bicyclic) bond motifs is 5. The summed E-state index contributed by atoms with van der Waals surface area (Å²) in [7, 11) is 0. The zero-order valence-corrected chi connectivity index (χ0v) is 21.0. The molecule has 2 aliphatic heterocycles. The van der Waals surface area contributed by atoms with Gasteiger partial charge in [0.05, 0.1) is 28.2 Å². The molecule has 2 aliphatic rings. The maximum absolute atomic E-state index is 14.3. The molecule has 1 fully saturated rings. The molecule has 0 bridgehead atoms. The van der Waals surface area contributed by atoms with E-state index >= 15 is 0 Å². The lowest BCUT2D eigenvalue weighted by molar-refractivity contribution is 0.0951. The van der Waals surface area contributed by atoms with E-state index in [0.717, 1.165) is 22.0 Å². The lowest BCUT2D eigenvalue weighted by Crippen LogP contribution is -2.44. The molecule has 0 saturated carbocycles. The van der Waals surface area contributed by atoms with Crippen LogP contribution in [0.1, 0.15) is 27.4 Å².